The number of aromatic nitrogens is 1. The third kappa shape index (κ3) is 12.3. The van der Waals surface area contributed by atoms with E-state index in [-0.39, 0.29) is 22.9 Å². The van der Waals surface area contributed by atoms with E-state index in [9.17, 15) is 4.79 Å². The molecule has 0 aliphatic heterocycles. The zero-order valence-electron chi connectivity index (χ0n) is 22.5. The number of nitrogens with zero attached hydrogens (tertiary/aromatic N) is 1. The van der Waals surface area contributed by atoms with Crippen molar-refractivity contribution in [2.75, 3.05) is 11.9 Å². The lowest BCUT2D eigenvalue weighted by Crippen LogP contribution is -3.00. The second-order valence-electron chi connectivity index (χ2n) is 9.70. The maximum Gasteiger partial charge on any atom is 0.228 e. The summed E-state index contributed by atoms with van der Waals surface area (Å²) in [5.74, 6) is 0.794. The largest absolute Gasteiger partial charge is 1.00 e. The fraction of sp³-hybridized carbons (Fsp3) is 0.484. The van der Waals surface area contributed by atoms with Gasteiger partial charge in [-0.25, -0.2) is 0 Å². The molecule has 0 unspecified atom stereocenters. The van der Waals surface area contributed by atoms with Crippen LogP contribution in [0.25, 0.3) is 0 Å². The molecule has 2 aromatic carbocycles. The number of benzene rings is 2. The summed E-state index contributed by atoms with van der Waals surface area (Å²) < 4.78 is 8.24. The number of amides is 1. The minimum Gasteiger partial charge on any atom is -1.00 e. The number of halogens is 1. The quantitative estimate of drug-likeness (QED) is 0.181. The lowest BCUT2D eigenvalue weighted by molar-refractivity contribution is -0.683. The molecular formula is C31H43BrN2O2S. The van der Waals surface area contributed by atoms with E-state index in [1.807, 2.05) is 42.5 Å². The fourth-order valence-corrected chi connectivity index (χ4v) is 5.06. The maximum atomic E-state index is 12.8. The molecular weight excluding hydrogens is 544 g/mol. The molecule has 3 aromatic rings. The van der Waals surface area contributed by atoms with Crippen LogP contribution < -0.4 is 31.6 Å². The Balaban J connectivity index is 0.00000481. The van der Waals surface area contributed by atoms with Crippen LogP contribution in [-0.2, 0) is 17.8 Å². The Morgan fingerprint density at radius 2 is 1.62 bits per heavy atom. The number of anilines is 1. The topological polar surface area (TPSA) is 42.2 Å². The van der Waals surface area contributed by atoms with E-state index in [1.165, 1.54) is 62.7 Å². The van der Waals surface area contributed by atoms with Crippen LogP contribution in [0.15, 0.2) is 60.2 Å². The highest BCUT2D eigenvalue weighted by Crippen LogP contribution is 2.20. The van der Waals surface area contributed by atoms with Crippen molar-refractivity contribution in [1.29, 1.82) is 0 Å². The van der Waals surface area contributed by atoms with Gasteiger partial charge in [-0.05, 0) is 31.5 Å². The van der Waals surface area contributed by atoms with Gasteiger partial charge in [0.2, 0.25) is 11.4 Å². The van der Waals surface area contributed by atoms with Crippen molar-refractivity contribution in [3.63, 3.8) is 0 Å². The van der Waals surface area contributed by atoms with Crippen molar-refractivity contribution in [3.05, 3.63) is 76.2 Å². The number of hydrogen-bond donors (Lipinski definition) is 1. The van der Waals surface area contributed by atoms with E-state index < -0.39 is 0 Å². The first-order valence-electron chi connectivity index (χ1n) is 13.7. The maximum absolute atomic E-state index is 12.8. The number of rotatable bonds is 17. The number of para-hydroxylation sites is 1. The molecule has 3 rings (SSSR count). The van der Waals surface area contributed by atoms with Gasteiger partial charge in [-0.1, -0.05) is 106 Å². The third-order valence-corrected chi connectivity index (χ3v) is 7.23. The smallest absolute Gasteiger partial charge is 0.228 e. The number of unbranched alkanes of at least 4 members (excludes halogenated alkanes) is 9. The number of ether oxygens (including phenoxy) is 1. The molecule has 0 saturated carbocycles. The lowest BCUT2D eigenvalue weighted by atomic mass is 10.1. The number of thiazole rings is 1. The number of carbonyl (C=O) groups is 1. The molecule has 1 aromatic heterocycles. The summed E-state index contributed by atoms with van der Waals surface area (Å²) in [7, 11) is 0. The van der Waals surface area contributed by atoms with Crippen LogP contribution in [-0.4, -0.2) is 12.5 Å². The highest BCUT2D eigenvalue weighted by molar-refractivity contribution is 7.09. The number of carbonyl (C=O) groups excluding carboxylic acids is 1. The third-order valence-electron chi connectivity index (χ3n) is 6.38. The molecule has 0 radical (unpaired) electrons. The molecule has 0 aliphatic carbocycles. The molecule has 4 nitrogen and oxygen atoms in total. The second-order valence-corrected chi connectivity index (χ2v) is 10.8. The molecule has 1 heterocycles. The molecule has 6 heteroatoms. The molecule has 37 heavy (non-hydrogen) atoms. The van der Waals surface area contributed by atoms with Gasteiger partial charge in [-0.3, -0.25) is 4.79 Å². The normalized spacial score (nSPS) is 10.6. The summed E-state index contributed by atoms with van der Waals surface area (Å²) in [4.78, 5) is 14.1. The molecule has 0 fully saturated rings. The average Bonchev–Trinajstić information content (AvgIpc) is 3.28. The van der Waals surface area contributed by atoms with Crippen LogP contribution in [0.1, 0.15) is 87.1 Å². The van der Waals surface area contributed by atoms with E-state index in [4.69, 9.17) is 4.74 Å². The van der Waals surface area contributed by atoms with Gasteiger partial charge >= 0.3 is 0 Å². The Kier molecular flexibility index (Phi) is 15.2. The molecule has 0 aliphatic rings. The SMILES string of the molecule is CCCCCCCCCCCCOc1ccccc1CC(=O)Nc1cccc(C[n+]2csc(C)c2)c1.[Br-]. The first-order valence-corrected chi connectivity index (χ1v) is 14.6. The minimum atomic E-state index is -0.0267. The van der Waals surface area contributed by atoms with Crippen LogP contribution >= 0.6 is 11.3 Å². The Labute approximate surface area is 238 Å². The highest BCUT2D eigenvalue weighted by atomic mass is 79.9. The Morgan fingerprint density at radius 1 is 0.919 bits per heavy atom. The summed E-state index contributed by atoms with van der Waals surface area (Å²) >= 11 is 1.74. The molecule has 1 amide bonds. The lowest BCUT2D eigenvalue weighted by Gasteiger charge is -2.12. The molecule has 1 N–H and O–H groups in total. The molecule has 202 valence electrons. The van der Waals surface area contributed by atoms with Gasteiger partial charge in [0.25, 0.3) is 0 Å². The first-order chi connectivity index (χ1) is 17.6. The molecule has 0 bridgehead atoms. The van der Waals surface area contributed by atoms with Crippen molar-refractivity contribution in [2.24, 2.45) is 0 Å². The summed E-state index contributed by atoms with van der Waals surface area (Å²) in [6, 6.07) is 16.0. The van der Waals surface area contributed by atoms with Crippen molar-refractivity contribution < 1.29 is 31.1 Å². The van der Waals surface area contributed by atoms with E-state index in [2.05, 4.69) is 41.5 Å². The van der Waals surface area contributed by atoms with Crippen molar-refractivity contribution >= 4 is 22.9 Å². The highest BCUT2D eigenvalue weighted by Gasteiger charge is 2.11. The van der Waals surface area contributed by atoms with E-state index in [1.54, 1.807) is 11.3 Å². The van der Waals surface area contributed by atoms with Crippen LogP contribution in [0, 0.1) is 6.92 Å². The predicted molar refractivity (Wildman–Crippen MR) is 151 cm³/mol. The molecule has 0 atom stereocenters. The monoisotopic (exact) mass is 586 g/mol. The number of nitrogens with one attached hydrogen (secondary N) is 1. The van der Waals surface area contributed by atoms with Crippen molar-refractivity contribution in [1.82, 2.24) is 0 Å². The number of aryl methyl sites for hydroxylation is 1. The van der Waals surface area contributed by atoms with Crippen LogP contribution in [0.4, 0.5) is 5.69 Å². The zero-order valence-corrected chi connectivity index (χ0v) is 24.9. The van der Waals surface area contributed by atoms with Gasteiger partial charge in [-0.15, -0.1) is 0 Å². The Hall–Kier alpha value is -2.18. The van der Waals surface area contributed by atoms with E-state index in [0.29, 0.717) is 13.0 Å². The average molecular weight is 588 g/mol. The Bertz CT molecular complexity index is 1050. The Morgan fingerprint density at radius 3 is 2.32 bits per heavy atom. The standard InChI is InChI=1S/C31H42N2O2S.BrH/c1-3-4-5-6-7-8-9-10-11-14-20-35-30-19-13-12-17-28(30)22-31(34)32-29-18-15-16-27(21-29)24-33-23-26(2)36-25-33;/h12-13,15-19,21,23,25H,3-11,14,20,22,24H2,1-2H3;1H. The second kappa shape index (κ2) is 18.1. The van der Waals surface area contributed by atoms with Crippen LogP contribution in [0.2, 0.25) is 0 Å². The van der Waals surface area contributed by atoms with Crippen molar-refractivity contribution in [3.8, 4) is 5.75 Å². The zero-order chi connectivity index (χ0) is 25.4. The first kappa shape index (κ1) is 31.0. The predicted octanol–water partition coefficient (Wildman–Crippen LogP) is 4.88. The van der Waals surface area contributed by atoms with E-state index in [0.717, 1.165) is 35.5 Å². The minimum absolute atomic E-state index is 0. The van der Waals surface area contributed by atoms with Gasteiger partial charge in [0, 0.05) is 16.8 Å². The van der Waals surface area contributed by atoms with Gasteiger partial charge < -0.3 is 27.0 Å². The summed E-state index contributed by atoms with van der Waals surface area (Å²) in [6.45, 7) is 5.87. The molecule has 0 spiro atoms. The van der Waals surface area contributed by atoms with Gasteiger partial charge in [0.15, 0.2) is 12.7 Å². The summed E-state index contributed by atoms with van der Waals surface area (Å²) in [5, 5.41) is 3.06. The van der Waals surface area contributed by atoms with Crippen molar-refractivity contribution in [2.45, 2.75) is 91.0 Å². The summed E-state index contributed by atoms with van der Waals surface area (Å²) in [6.07, 6.45) is 15.5. The molecule has 0 saturated heterocycles. The van der Waals surface area contributed by atoms with Gasteiger partial charge in [0.1, 0.15) is 5.75 Å². The van der Waals surface area contributed by atoms with Gasteiger partial charge in [-0.2, -0.15) is 4.57 Å². The summed E-state index contributed by atoms with van der Waals surface area (Å²) in [5.41, 5.74) is 5.04. The number of hydrogen-bond acceptors (Lipinski definition) is 3. The fourth-order valence-electron chi connectivity index (χ4n) is 4.43. The van der Waals surface area contributed by atoms with Gasteiger partial charge in [0.05, 0.1) is 17.9 Å². The van der Waals surface area contributed by atoms with Crippen LogP contribution in [0.3, 0.4) is 0 Å². The van der Waals surface area contributed by atoms with Crippen LogP contribution in [0.5, 0.6) is 5.75 Å². The van der Waals surface area contributed by atoms with E-state index >= 15 is 0 Å².